The number of hydrogen-bond acceptors (Lipinski definition) is 4. The molecule has 0 aromatic carbocycles. The van der Waals surface area contributed by atoms with Gasteiger partial charge in [-0.15, -0.1) is 0 Å². The van der Waals surface area contributed by atoms with Gasteiger partial charge in [0.05, 0.1) is 13.2 Å². The highest BCUT2D eigenvalue weighted by Gasteiger charge is 2.30. The Kier molecular flexibility index (Phi) is 8.59. The summed E-state index contributed by atoms with van der Waals surface area (Å²) in [5.74, 6) is 0.790. The monoisotopic (exact) mass is 258 g/mol. The summed E-state index contributed by atoms with van der Waals surface area (Å²) in [7, 11) is 0. The van der Waals surface area contributed by atoms with Gasteiger partial charge in [-0.05, 0) is 32.6 Å². The van der Waals surface area contributed by atoms with Crippen LogP contribution in [0.3, 0.4) is 0 Å². The molecule has 1 aliphatic rings. The summed E-state index contributed by atoms with van der Waals surface area (Å²) in [4.78, 5) is 2.47. The lowest BCUT2D eigenvalue weighted by atomic mass is 9.79. The smallest absolute Gasteiger partial charge is 0.0593 e. The first kappa shape index (κ1) is 15.9. The highest BCUT2D eigenvalue weighted by atomic mass is 16.5. The second-order valence-electron chi connectivity index (χ2n) is 4.92. The molecular formula is C14H30N2O2. The largest absolute Gasteiger partial charge is 0.380 e. The van der Waals surface area contributed by atoms with Crippen LogP contribution >= 0.6 is 0 Å². The molecule has 1 atom stereocenters. The van der Waals surface area contributed by atoms with Crippen molar-refractivity contribution in [2.75, 3.05) is 46.1 Å². The van der Waals surface area contributed by atoms with Crippen LogP contribution in [0.4, 0.5) is 0 Å². The van der Waals surface area contributed by atoms with Crippen LogP contribution in [0.1, 0.15) is 33.1 Å². The van der Waals surface area contributed by atoms with Crippen molar-refractivity contribution in [3.63, 3.8) is 0 Å². The molecule has 4 nitrogen and oxygen atoms in total. The normalized spacial score (nSPS) is 18.0. The number of ether oxygens (including phenoxy) is 2. The maximum absolute atomic E-state index is 5.97. The van der Waals surface area contributed by atoms with Crippen molar-refractivity contribution < 1.29 is 9.47 Å². The Labute approximate surface area is 112 Å². The van der Waals surface area contributed by atoms with Crippen LogP contribution < -0.4 is 5.73 Å². The highest BCUT2D eigenvalue weighted by molar-refractivity contribution is 4.85. The van der Waals surface area contributed by atoms with E-state index in [0.29, 0.717) is 6.04 Å². The first-order valence-electron chi connectivity index (χ1n) is 7.43. The molecule has 0 aliphatic heterocycles. The van der Waals surface area contributed by atoms with E-state index in [1.807, 2.05) is 13.8 Å². The molecule has 0 bridgehead atoms. The van der Waals surface area contributed by atoms with E-state index in [2.05, 4.69) is 4.90 Å². The van der Waals surface area contributed by atoms with Crippen LogP contribution in [0.15, 0.2) is 0 Å². The Bertz CT molecular complexity index is 188. The Morgan fingerprint density at radius 1 is 1.11 bits per heavy atom. The van der Waals surface area contributed by atoms with E-state index in [0.717, 1.165) is 52.0 Å². The van der Waals surface area contributed by atoms with Crippen molar-refractivity contribution in [2.24, 2.45) is 11.7 Å². The number of rotatable bonds is 11. The van der Waals surface area contributed by atoms with Crippen LogP contribution in [-0.2, 0) is 9.47 Å². The lowest BCUT2D eigenvalue weighted by molar-refractivity contribution is 0.0345. The van der Waals surface area contributed by atoms with Crippen molar-refractivity contribution in [3.8, 4) is 0 Å². The first-order valence-corrected chi connectivity index (χ1v) is 7.43. The third-order valence-corrected chi connectivity index (χ3v) is 3.86. The molecule has 108 valence electrons. The van der Waals surface area contributed by atoms with Crippen molar-refractivity contribution in [1.82, 2.24) is 4.90 Å². The molecule has 0 saturated heterocycles. The van der Waals surface area contributed by atoms with E-state index in [-0.39, 0.29) is 0 Å². The van der Waals surface area contributed by atoms with E-state index in [1.165, 1.54) is 19.3 Å². The molecular weight excluding hydrogens is 228 g/mol. The van der Waals surface area contributed by atoms with Crippen molar-refractivity contribution >= 4 is 0 Å². The quantitative estimate of drug-likeness (QED) is 0.570. The van der Waals surface area contributed by atoms with Gasteiger partial charge in [0.25, 0.3) is 0 Å². The minimum absolute atomic E-state index is 0.514. The first-order chi connectivity index (χ1) is 8.83. The minimum Gasteiger partial charge on any atom is -0.380 e. The molecule has 0 amide bonds. The standard InChI is InChI=1S/C14H30N2O2/c1-3-17-10-8-16(9-11-18-4-2)14(12-15)13-6-5-7-13/h13-14H,3-12,15H2,1-2H3. The van der Waals surface area contributed by atoms with Crippen LogP contribution in [0.2, 0.25) is 0 Å². The van der Waals surface area contributed by atoms with Gasteiger partial charge in [0.1, 0.15) is 0 Å². The van der Waals surface area contributed by atoms with Crippen LogP contribution in [-0.4, -0.2) is 57.0 Å². The third kappa shape index (κ3) is 5.22. The van der Waals surface area contributed by atoms with Crippen molar-refractivity contribution in [3.05, 3.63) is 0 Å². The van der Waals surface area contributed by atoms with Crippen LogP contribution in [0.25, 0.3) is 0 Å². The van der Waals surface area contributed by atoms with Crippen molar-refractivity contribution in [1.29, 1.82) is 0 Å². The summed E-state index contributed by atoms with van der Waals surface area (Å²) in [6.07, 6.45) is 4.04. The van der Waals surface area contributed by atoms with Gasteiger partial charge in [-0.2, -0.15) is 0 Å². The fourth-order valence-corrected chi connectivity index (χ4v) is 2.56. The molecule has 0 aromatic heterocycles. The predicted molar refractivity (Wildman–Crippen MR) is 74.7 cm³/mol. The molecule has 18 heavy (non-hydrogen) atoms. The van der Waals surface area contributed by atoms with Gasteiger partial charge in [0.2, 0.25) is 0 Å². The van der Waals surface area contributed by atoms with E-state index < -0.39 is 0 Å². The molecule has 0 aromatic rings. The van der Waals surface area contributed by atoms with E-state index in [4.69, 9.17) is 15.2 Å². The SMILES string of the molecule is CCOCCN(CCOCC)C(CN)C1CCC1. The van der Waals surface area contributed by atoms with Crippen LogP contribution in [0.5, 0.6) is 0 Å². The van der Waals surface area contributed by atoms with Gasteiger partial charge in [-0.3, -0.25) is 4.90 Å². The van der Waals surface area contributed by atoms with Crippen LogP contribution in [0, 0.1) is 5.92 Å². The van der Waals surface area contributed by atoms with Gasteiger partial charge in [-0.1, -0.05) is 6.42 Å². The van der Waals surface area contributed by atoms with Gasteiger partial charge in [-0.25, -0.2) is 0 Å². The molecule has 0 heterocycles. The molecule has 1 aliphatic carbocycles. The Balaban J connectivity index is 2.38. The average Bonchev–Trinajstić information content (AvgIpc) is 2.32. The second kappa shape index (κ2) is 9.73. The summed E-state index contributed by atoms with van der Waals surface area (Å²) in [5, 5.41) is 0. The molecule has 0 radical (unpaired) electrons. The fraction of sp³-hybridized carbons (Fsp3) is 1.00. The van der Waals surface area contributed by atoms with E-state index in [9.17, 15) is 0 Å². The molecule has 0 spiro atoms. The summed E-state index contributed by atoms with van der Waals surface area (Å²) in [6.45, 7) is 9.94. The molecule has 1 fully saturated rings. The Morgan fingerprint density at radius 3 is 2.00 bits per heavy atom. The van der Waals surface area contributed by atoms with Crippen molar-refractivity contribution in [2.45, 2.75) is 39.2 Å². The maximum Gasteiger partial charge on any atom is 0.0593 e. The van der Waals surface area contributed by atoms with E-state index in [1.54, 1.807) is 0 Å². The topological polar surface area (TPSA) is 47.7 Å². The number of nitrogens with two attached hydrogens (primary N) is 1. The number of nitrogens with zero attached hydrogens (tertiary/aromatic N) is 1. The zero-order valence-corrected chi connectivity index (χ0v) is 12.1. The van der Waals surface area contributed by atoms with Gasteiger partial charge in [0, 0.05) is 38.9 Å². The lowest BCUT2D eigenvalue weighted by Crippen LogP contribution is -2.50. The zero-order chi connectivity index (χ0) is 13.2. The molecule has 1 saturated carbocycles. The predicted octanol–water partition coefficient (Wildman–Crippen LogP) is 1.49. The summed E-state index contributed by atoms with van der Waals surface area (Å²) in [6, 6.07) is 0.514. The summed E-state index contributed by atoms with van der Waals surface area (Å²) < 4.78 is 10.9. The maximum atomic E-state index is 5.97. The lowest BCUT2D eigenvalue weighted by Gasteiger charge is -2.40. The second-order valence-corrected chi connectivity index (χ2v) is 4.92. The molecule has 1 rings (SSSR count). The summed E-state index contributed by atoms with van der Waals surface area (Å²) >= 11 is 0. The molecule has 4 heteroatoms. The Hall–Kier alpha value is -0.160. The minimum atomic E-state index is 0.514. The Morgan fingerprint density at radius 2 is 1.67 bits per heavy atom. The van der Waals surface area contributed by atoms with E-state index >= 15 is 0 Å². The zero-order valence-electron chi connectivity index (χ0n) is 12.1. The fourth-order valence-electron chi connectivity index (χ4n) is 2.56. The average molecular weight is 258 g/mol. The molecule has 1 unspecified atom stereocenters. The van der Waals surface area contributed by atoms with Gasteiger partial charge < -0.3 is 15.2 Å². The third-order valence-electron chi connectivity index (χ3n) is 3.86. The summed E-state index contributed by atoms with van der Waals surface area (Å²) in [5.41, 5.74) is 5.97. The number of hydrogen-bond donors (Lipinski definition) is 1. The van der Waals surface area contributed by atoms with Gasteiger partial charge in [0.15, 0.2) is 0 Å². The molecule has 2 N–H and O–H groups in total. The highest BCUT2D eigenvalue weighted by Crippen LogP contribution is 2.31. The van der Waals surface area contributed by atoms with Gasteiger partial charge >= 0.3 is 0 Å².